The van der Waals surface area contributed by atoms with E-state index in [0.29, 0.717) is 29.1 Å². The topological polar surface area (TPSA) is 78.6 Å². The molecule has 2 heterocycles. The zero-order valence-electron chi connectivity index (χ0n) is 15.0. The van der Waals surface area contributed by atoms with Gasteiger partial charge in [0, 0.05) is 23.2 Å². The molecule has 0 spiro atoms. The molecule has 1 saturated heterocycles. The molecular weight excluding hydrogens is 354 g/mol. The number of carbonyl (C=O) groups is 1. The molecule has 7 heteroatoms. The van der Waals surface area contributed by atoms with Gasteiger partial charge in [-0.3, -0.25) is 4.90 Å². The van der Waals surface area contributed by atoms with Gasteiger partial charge in [-0.05, 0) is 56.1 Å². The van der Waals surface area contributed by atoms with E-state index in [1.165, 1.54) is 12.8 Å². The molecule has 6 nitrogen and oxygen atoms in total. The van der Waals surface area contributed by atoms with Gasteiger partial charge in [0.1, 0.15) is 0 Å². The number of nitrogens with one attached hydrogen (secondary N) is 1. The Balaban J connectivity index is 1.81. The van der Waals surface area contributed by atoms with Crippen LogP contribution in [0.2, 0.25) is 5.02 Å². The van der Waals surface area contributed by atoms with Gasteiger partial charge in [0.05, 0.1) is 0 Å². The molecule has 1 unspecified atom stereocenters. The third kappa shape index (κ3) is 4.02. The van der Waals surface area contributed by atoms with Crippen LogP contribution < -0.4 is 5.32 Å². The number of nitrogens with zero attached hydrogens (tertiary/aromatic N) is 2. The van der Waals surface area contributed by atoms with Crippen LogP contribution in [-0.4, -0.2) is 46.8 Å². The Labute approximate surface area is 158 Å². The second kappa shape index (κ2) is 8.10. The second-order valence-electron chi connectivity index (χ2n) is 6.98. The number of hydrogen-bond acceptors (Lipinski definition) is 5. The molecule has 1 fully saturated rings. The monoisotopic (exact) mass is 377 g/mol. The van der Waals surface area contributed by atoms with E-state index < -0.39 is 5.97 Å². The molecule has 0 amide bonds. The molecule has 0 radical (unpaired) electrons. The number of carboxylic acids is 1. The number of anilines is 1. The highest BCUT2D eigenvalue weighted by Gasteiger charge is 2.27. The minimum atomic E-state index is -1.07. The number of halogens is 1. The van der Waals surface area contributed by atoms with Crippen molar-refractivity contribution in [3.8, 4) is 11.3 Å². The Morgan fingerprint density at radius 3 is 2.54 bits per heavy atom. The van der Waals surface area contributed by atoms with Crippen molar-refractivity contribution in [3.63, 3.8) is 0 Å². The molecule has 2 N–H and O–H groups in total. The average molecular weight is 378 g/mol. The van der Waals surface area contributed by atoms with Crippen molar-refractivity contribution in [2.45, 2.75) is 32.7 Å². The van der Waals surface area contributed by atoms with Gasteiger partial charge in [-0.25, -0.2) is 4.79 Å². The van der Waals surface area contributed by atoms with Gasteiger partial charge in [-0.2, -0.15) is 0 Å². The Hall–Kier alpha value is -2.05. The summed E-state index contributed by atoms with van der Waals surface area (Å²) in [5.41, 5.74) is 0.684. The van der Waals surface area contributed by atoms with E-state index in [0.717, 1.165) is 13.1 Å². The van der Waals surface area contributed by atoms with Crippen LogP contribution in [0.5, 0.6) is 0 Å². The molecule has 0 saturated carbocycles. The highest BCUT2D eigenvalue weighted by molar-refractivity contribution is 6.30. The van der Waals surface area contributed by atoms with Crippen molar-refractivity contribution in [2.24, 2.45) is 5.92 Å². The summed E-state index contributed by atoms with van der Waals surface area (Å²) in [6.45, 7) is 7.18. The summed E-state index contributed by atoms with van der Waals surface area (Å²) >= 11 is 5.90. The van der Waals surface area contributed by atoms with Gasteiger partial charge in [0.25, 0.3) is 0 Å². The quantitative estimate of drug-likeness (QED) is 0.751. The van der Waals surface area contributed by atoms with E-state index in [9.17, 15) is 9.90 Å². The van der Waals surface area contributed by atoms with Crippen LogP contribution in [-0.2, 0) is 0 Å². The smallest absolute Gasteiger partial charge is 0.343 e. The Kier molecular flexibility index (Phi) is 5.84. The lowest BCUT2D eigenvalue weighted by atomic mass is 10.0. The van der Waals surface area contributed by atoms with E-state index in [1.807, 2.05) is 0 Å². The lowest BCUT2D eigenvalue weighted by Gasteiger charge is -2.31. The van der Waals surface area contributed by atoms with E-state index in [1.54, 1.807) is 24.3 Å². The fourth-order valence-electron chi connectivity index (χ4n) is 3.47. The molecule has 2 aromatic rings. The molecule has 26 heavy (non-hydrogen) atoms. The first-order chi connectivity index (χ1) is 12.5. The van der Waals surface area contributed by atoms with E-state index >= 15 is 0 Å². The fraction of sp³-hybridized carbons (Fsp3) is 0.474. The van der Waals surface area contributed by atoms with Crippen molar-refractivity contribution < 1.29 is 14.4 Å². The maximum Gasteiger partial charge on any atom is 0.343 e. The van der Waals surface area contributed by atoms with Crippen molar-refractivity contribution in [1.82, 2.24) is 10.1 Å². The minimum absolute atomic E-state index is 0.0521. The zero-order chi connectivity index (χ0) is 18.7. The van der Waals surface area contributed by atoms with Crippen LogP contribution in [0.3, 0.4) is 0 Å². The van der Waals surface area contributed by atoms with E-state index in [4.69, 9.17) is 16.1 Å². The Bertz CT molecular complexity index is 752. The molecule has 3 rings (SSSR count). The largest absolute Gasteiger partial charge is 0.477 e. The van der Waals surface area contributed by atoms with Gasteiger partial charge in [-0.1, -0.05) is 30.6 Å². The van der Waals surface area contributed by atoms with Gasteiger partial charge < -0.3 is 14.9 Å². The highest BCUT2D eigenvalue weighted by Crippen LogP contribution is 2.30. The maximum atomic E-state index is 11.8. The number of rotatable bonds is 7. The molecule has 0 bridgehead atoms. The number of aromatic nitrogens is 1. The number of carboxylic acid groups (broad SMARTS) is 1. The highest BCUT2D eigenvalue weighted by atomic mass is 35.5. The van der Waals surface area contributed by atoms with Gasteiger partial charge in [0.15, 0.2) is 17.1 Å². The van der Waals surface area contributed by atoms with E-state index in [-0.39, 0.29) is 17.1 Å². The van der Waals surface area contributed by atoms with Crippen molar-refractivity contribution in [3.05, 3.63) is 34.9 Å². The first kappa shape index (κ1) is 18.7. The number of aromatic carboxylic acids is 1. The molecule has 1 aliphatic heterocycles. The van der Waals surface area contributed by atoms with Crippen LogP contribution in [0.1, 0.15) is 37.0 Å². The van der Waals surface area contributed by atoms with Gasteiger partial charge in [0.2, 0.25) is 0 Å². The first-order valence-electron chi connectivity index (χ1n) is 8.94. The van der Waals surface area contributed by atoms with Crippen molar-refractivity contribution in [1.29, 1.82) is 0 Å². The predicted molar refractivity (Wildman–Crippen MR) is 102 cm³/mol. The third-order valence-electron chi connectivity index (χ3n) is 4.87. The molecule has 1 aromatic heterocycles. The molecule has 140 valence electrons. The van der Waals surface area contributed by atoms with Crippen LogP contribution in [0, 0.1) is 5.92 Å². The fourth-order valence-corrected chi connectivity index (χ4v) is 3.59. The lowest BCUT2D eigenvalue weighted by molar-refractivity contribution is 0.0698. The summed E-state index contributed by atoms with van der Waals surface area (Å²) in [7, 11) is 0. The predicted octanol–water partition coefficient (Wildman–Crippen LogP) is 4.23. The minimum Gasteiger partial charge on any atom is -0.477 e. The van der Waals surface area contributed by atoms with Gasteiger partial charge in [-0.15, -0.1) is 0 Å². The normalized spacial score (nSPS) is 16.2. The number of likely N-dealkylation sites (tertiary alicyclic amines) is 1. The van der Waals surface area contributed by atoms with Crippen LogP contribution in [0.4, 0.5) is 5.82 Å². The van der Waals surface area contributed by atoms with Crippen LogP contribution >= 0.6 is 11.6 Å². The third-order valence-corrected chi connectivity index (χ3v) is 5.12. The Morgan fingerprint density at radius 1 is 1.31 bits per heavy atom. The van der Waals surface area contributed by atoms with Crippen LogP contribution in [0.15, 0.2) is 28.8 Å². The Morgan fingerprint density at radius 2 is 1.96 bits per heavy atom. The summed E-state index contributed by atoms with van der Waals surface area (Å²) in [6, 6.07) is 7.16. The zero-order valence-corrected chi connectivity index (χ0v) is 15.8. The summed E-state index contributed by atoms with van der Waals surface area (Å²) in [5.74, 6) is -0.108. The van der Waals surface area contributed by atoms with E-state index in [2.05, 4.69) is 29.2 Å². The summed E-state index contributed by atoms with van der Waals surface area (Å²) in [6.07, 6.45) is 2.43. The van der Waals surface area contributed by atoms with Gasteiger partial charge >= 0.3 is 5.97 Å². The molecular formula is C19H24ClN3O3. The number of benzene rings is 1. The second-order valence-corrected chi connectivity index (χ2v) is 7.42. The molecule has 1 aliphatic rings. The van der Waals surface area contributed by atoms with Crippen molar-refractivity contribution >= 4 is 23.4 Å². The summed E-state index contributed by atoms with van der Waals surface area (Å²) in [4.78, 5) is 14.3. The number of hydrogen-bond donors (Lipinski definition) is 2. The molecule has 0 aliphatic carbocycles. The average Bonchev–Trinajstić information content (AvgIpc) is 3.25. The lowest BCUT2D eigenvalue weighted by Crippen LogP contribution is -2.42. The standard InChI is InChI=1S/C19H24ClN3O3/c1-12(2)15(23-9-3-4-10-23)11-21-18-16(19(24)25)17(26-22-18)13-5-7-14(20)8-6-13/h5-8,12,15H,3-4,9-11H2,1-2H3,(H,21,22)(H,24,25). The summed E-state index contributed by atoms with van der Waals surface area (Å²) < 4.78 is 5.35. The van der Waals surface area contributed by atoms with Crippen molar-refractivity contribution in [2.75, 3.05) is 25.0 Å². The molecule has 1 aromatic carbocycles. The first-order valence-corrected chi connectivity index (χ1v) is 9.32. The van der Waals surface area contributed by atoms with Crippen LogP contribution in [0.25, 0.3) is 11.3 Å². The molecule has 1 atom stereocenters. The maximum absolute atomic E-state index is 11.8. The summed E-state index contributed by atoms with van der Waals surface area (Å²) in [5, 5.41) is 17.4. The SMILES string of the molecule is CC(C)C(CNc1noc(-c2ccc(Cl)cc2)c1C(=O)O)N1CCCC1.